The average molecular weight is 493 g/mol. The molecule has 1 amide bonds. The number of thioether (sulfide) groups is 1. The second-order valence-corrected chi connectivity index (χ2v) is 10.4. The highest BCUT2D eigenvalue weighted by Crippen LogP contribution is 2.20. The topological polar surface area (TPSA) is 82.4 Å². The molecular formula is C22H25ClN4O3S2. The maximum atomic E-state index is 12.5. The molecule has 0 bridgehead atoms. The standard InChI is InChI=1S/C22H24N4O3S2.ClH/c27-21(11-16-31(28,29)19-9-5-2-6-10-19)25-12-14-26(15-13-25)22-24-23-20(17-30-22)18-7-3-1-4-8-18;/h1-10H,11-17H2;1H. The lowest BCUT2D eigenvalue weighted by Crippen LogP contribution is -2.50. The molecule has 0 unspecified atom stereocenters. The molecule has 0 spiro atoms. The van der Waals surface area contributed by atoms with Crippen LogP contribution in [0.15, 0.2) is 75.8 Å². The minimum atomic E-state index is -3.45. The average Bonchev–Trinajstić information content (AvgIpc) is 2.84. The Bertz CT molecular complexity index is 1080. The quantitative estimate of drug-likeness (QED) is 0.641. The van der Waals surface area contributed by atoms with Gasteiger partial charge in [-0.25, -0.2) is 8.42 Å². The van der Waals surface area contributed by atoms with Gasteiger partial charge in [0.1, 0.15) is 0 Å². The highest BCUT2D eigenvalue weighted by atomic mass is 35.5. The summed E-state index contributed by atoms with van der Waals surface area (Å²) in [6, 6.07) is 18.3. The first-order valence-electron chi connectivity index (χ1n) is 10.2. The van der Waals surface area contributed by atoms with Crippen LogP contribution in [0.1, 0.15) is 12.0 Å². The summed E-state index contributed by atoms with van der Waals surface area (Å²) in [4.78, 5) is 16.7. The van der Waals surface area contributed by atoms with Gasteiger partial charge >= 0.3 is 0 Å². The van der Waals surface area contributed by atoms with Gasteiger partial charge in [0.2, 0.25) is 5.91 Å². The molecule has 1 fully saturated rings. The minimum Gasteiger partial charge on any atom is -0.346 e. The predicted octanol–water partition coefficient (Wildman–Crippen LogP) is 2.92. The Morgan fingerprint density at radius 1 is 0.906 bits per heavy atom. The molecule has 2 aliphatic rings. The number of hydrogen-bond acceptors (Lipinski definition) is 7. The van der Waals surface area contributed by atoms with Crippen molar-refractivity contribution in [2.75, 3.05) is 37.7 Å². The lowest BCUT2D eigenvalue weighted by molar-refractivity contribution is -0.132. The third-order valence-corrected chi connectivity index (χ3v) is 8.04. The number of amides is 1. The molecule has 0 aromatic heterocycles. The van der Waals surface area contributed by atoms with E-state index in [1.165, 1.54) is 0 Å². The van der Waals surface area contributed by atoms with Gasteiger partial charge in [0.15, 0.2) is 15.0 Å². The molecule has 7 nitrogen and oxygen atoms in total. The van der Waals surface area contributed by atoms with Crippen LogP contribution < -0.4 is 0 Å². The van der Waals surface area contributed by atoms with E-state index in [4.69, 9.17) is 0 Å². The van der Waals surface area contributed by atoms with Crippen LogP contribution in [-0.4, -0.2) is 72.7 Å². The fraction of sp³-hybridized carbons (Fsp3) is 0.318. The SMILES string of the molecule is Cl.O=C(CCS(=O)(=O)c1ccccc1)N1CCN(C2=NN=C(c3ccccc3)CS2)CC1. The van der Waals surface area contributed by atoms with Crippen molar-refractivity contribution in [3.05, 3.63) is 66.2 Å². The molecule has 2 aromatic rings. The molecule has 2 aromatic carbocycles. The fourth-order valence-corrected chi connectivity index (χ4v) is 5.70. The summed E-state index contributed by atoms with van der Waals surface area (Å²) in [5, 5.41) is 9.66. The van der Waals surface area contributed by atoms with E-state index in [1.807, 2.05) is 30.3 Å². The molecule has 1 saturated heterocycles. The second kappa shape index (κ2) is 11.0. The van der Waals surface area contributed by atoms with Crippen molar-refractivity contribution in [1.82, 2.24) is 9.80 Å². The maximum Gasteiger partial charge on any atom is 0.223 e. The number of amidine groups is 1. The maximum absolute atomic E-state index is 12.5. The molecule has 4 rings (SSSR count). The Morgan fingerprint density at radius 2 is 1.53 bits per heavy atom. The molecule has 10 heteroatoms. The summed E-state index contributed by atoms with van der Waals surface area (Å²) in [5.74, 6) is 0.469. The first-order valence-corrected chi connectivity index (χ1v) is 12.8. The number of benzene rings is 2. The van der Waals surface area contributed by atoms with Gasteiger partial charge in [-0.2, -0.15) is 5.10 Å². The summed E-state index contributed by atoms with van der Waals surface area (Å²) >= 11 is 1.66. The van der Waals surface area contributed by atoms with Crippen molar-refractivity contribution in [2.45, 2.75) is 11.3 Å². The van der Waals surface area contributed by atoms with Gasteiger partial charge in [-0.3, -0.25) is 4.79 Å². The van der Waals surface area contributed by atoms with E-state index in [0.717, 1.165) is 22.2 Å². The van der Waals surface area contributed by atoms with E-state index in [1.54, 1.807) is 47.0 Å². The Kier molecular flexibility index (Phi) is 8.33. The summed E-state index contributed by atoms with van der Waals surface area (Å²) < 4.78 is 24.8. The van der Waals surface area contributed by atoms with Gasteiger partial charge in [0.25, 0.3) is 0 Å². The number of hydrogen-bond donors (Lipinski definition) is 0. The number of carbonyl (C=O) groups excluding carboxylic acids is 1. The Hall–Kier alpha value is -2.36. The Labute approximate surface area is 198 Å². The number of rotatable bonds is 5. The van der Waals surface area contributed by atoms with Crippen molar-refractivity contribution in [1.29, 1.82) is 0 Å². The van der Waals surface area contributed by atoms with Crippen LogP contribution in [0, 0.1) is 0 Å². The van der Waals surface area contributed by atoms with Gasteiger partial charge in [-0.15, -0.1) is 17.5 Å². The molecule has 2 aliphatic heterocycles. The van der Waals surface area contributed by atoms with E-state index in [0.29, 0.717) is 26.2 Å². The zero-order chi connectivity index (χ0) is 21.7. The number of halogens is 1. The summed E-state index contributed by atoms with van der Waals surface area (Å²) in [6.45, 7) is 2.44. The third kappa shape index (κ3) is 5.90. The number of carbonyl (C=O) groups is 1. The molecule has 0 radical (unpaired) electrons. The first-order chi connectivity index (χ1) is 15.0. The Balaban J connectivity index is 0.00000289. The number of nitrogens with zero attached hydrogens (tertiary/aromatic N) is 4. The molecule has 0 atom stereocenters. The monoisotopic (exact) mass is 492 g/mol. The molecule has 0 N–H and O–H groups in total. The largest absolute Gasteiger partial charge is 0.346 e. The summed E-state index contributed by atoms with van der Waals surface area (Å²) in [7, 11) is -3.45. The van der Waals surface area contributed by atoms with Gasteiger partial charge in [0, 0.05) is 38.4 Å². The summed E-state index contributed by atoms with van der Waals surface area (Å²) in [6.07, 6.45) is -0.00233. The molecule has 2 heterocycles. The zero-order valence-electron chi connectivity index (χ0n) is 17.5. The number of sulfone groups is 1. The molecule has 0 saturated carbocycles. The van der Waals surface area contributed by atoms with E-state index in [9.17, 15) is 13.2 Å². The van der Waals surface area contributed by atoms with Crippen LogP contribution in [0.2, 0.25) is 0 Å². The van der Waals surface area contributed by atoms with Crippen LogP contribution in [0.3, 0.4) is 0 Å². The molecular weight excluding hydrogens is 468 g/mol. The van der Waals surface area contributed by atoms with Crippen LogP contribution in [0.4, 0.5) is 0 Å². The van der Waals surface area contributed by atoms with Gasteiger partial charge < -0.3 is 9.80 Å². The first kappa shape index (κ1) is 24.3. The molecule has 170 valence electrons. The third-order valence-electron chi connectivity index (χ3n) is 5.29. The highest BCUT2D eigenvalue weighted by Gasteiger charge is 2.26. The fourth-order valence-electron chi connectivity index (χ4n) is 3.49. The van der Waals surface area contributed by atoms with Crippen LogP contribution >= 0.6 is 24.2 Å². The lowest BCUT2D eigenvalue weighted by Gasteiger charge is -2.36. The summed E-state index contributed by atoms with van der Waals surface area (Å²) in [5.41, 5.74) is 2.04. The van der Waals surface area contributed by atoms with E-state index < -0.39 is 9.84 Å². The van der Waals surface area contributed by atoms with Crippen molar-refractivity contribution < 1.29 is 13.2 Å². The molecule has 32 heavy (non-hydrogen) atoms. The zero-order valence-corrected chi connectivity index (χ0v) is 19.9. The van der Waals surface area contributed by atoms with Gasteiger partial charge in [0.05, 0.1) is 16.4 Å². The smallest absolute Gasteiger partial charge is 0.223 e. The van der Waals surface area contributed by atoms with Crippen molar-refractivity contribution >= 4 is 50.8 Å². The number of piperazine rings is 1. The van der Waals surface area contributed by atoms with Crippen LogP contribution in [0.5, 0.6) is 0 Å². The van der Waals surface area contributed by atoms with E-state index in [2.05, 4.69) is 15.1 Å². The lowest BCUT2D eigenvalue weighted by atomic mass is 10.1. The van der Waals surface area contributed by atoms with E-state index >= 15 is 0 Å². The van der Waals surface area contributed by atoms with Crippen molar-refractivity contribution in [3.63, 3.8) is 0 Å². The van der Waals surface area contributed by atoms with Gasteiger partial charge in [-0.1, -0.05) is 60.3 Å². The van der Waals surface area contributed by atoms with Gasteiger partial charge in [-0.05, 0) is 17.7 Å². The van der Waals surface area contributed by atoms with Crippen molar-refractivity contribution in [3.8, 4) is 0 Å². The van der Waals surface area contributed by atoms with Crippen LogP contribution in [-0.2, 0) is 14.6 Å². The van der Waals surface area contributed by atoms with E-state index in [-0.39, 0.29) is 35.4 Å². The normalized spacial score (nSPS) is 16.6. The minimum absolute atomic E-state index is 0. The Morgan fingerprint density at radius 3 is 2.12 bits per heavy atom. The van der Waals surface area contributed by atoms with Crippen LogP contribution in [0.25, 0.3) is 0 Å². The highest BCUT2D eigenvalue weighted by molar-refractivity contribution is 8.14. The predicted molar refractivity (Wildman–Crippen MR) is 131 cm³/mol. The second-order valence-electron chi connectivity index (χ2n) is 7.33. The van der Waals surface area contributed by atoms with Crippen molar-refractivity contribution in [2.24, 2.45) is 10.2 Å². The molecule has 0 aliphatic carbocycles.